The van der Waals surface area contributed by atoms with Gasteiger partial charge < -0.3 is 4.74 Å². The SMILES string of the molecule is COC(=O)[C@H](C)c1ccc(C)cc1. The Labute approximate surface area is 78.5 Å². The summed E-state index contributed by atoms with van der Waals surface area (Å²) in [5, 5.41) is 0. The molecule has 0 radical (unpaired) electrons. The van der Waals surface area contributed by atoms with Crippen LogP contribution in [-0.4, -0.2) is 13.1 Å². The number of carbonyl (C=O) groups excluding carboxylic acids is 1. The molecule has 13 heavy (non-hydrogen) atoms. The number of aryl methyl sites for hydroxylation is 1. The minimum absolute atomic E-state index is 0.175. The van der Waals surface area contributed by atoms with Crippen molar-refractivity contribution in [2.24, 2.45) is 0 Å². The van der Waals surface area contributed by atoms with Crippen LogP contribution in [0, 0.1) is 6.92 Å². The fraction of sp³-hybridized carbons (Fsp3) is 0.364. The molecule has 0 amide bonds. The summed E-state index contributed by atoms with van der Waals surface area (Å²) in [4.78, 5) is 11.2. The van der Waals surface area contributed by atoms with Crippen LogP contribution in [0.25, 0.3) is 0 Å². The van der Waals surface area contributed by atoms with Crippen LogP contribution in [0.2, 0.25) is 0 Å². The van der Waals surface area contributed by atoms with Crippen LogP contribution >= 0.6 is 0 Å². The van der Waals surface area contributed by atoms with E-state index in [0.717, 1.165) is 5.56 Å². The topological polar surface area (TPSA) is 26.3 Å². The molecule has 0 aliphatic carbocycles. The standard InChI is InChI=1S/C11H14O2/c1-8-4-6-10(7-5-8)9(2)11(12)13-3/h4-7,9H,1-3H3/t9-/m1/s1. The largest absolute Gasteiger partial charge is 0.469 e. The zero-order chi connectivity index (χ0) is 9.84. The third kappa shape index (κ3) is 2.31. The lowest BCUT2D eigenvalue weighted by molar-refractivity contribution is -0.141. The predicted octanol–water partition coefficient (Wildman–Crippen LogP) is 2.27. The van der Waals surface area contributed by atoms with Crippen molar-refractivity contribution >= 4 is 5.97 Å². The molecule has 0 N–H and O–H groups in total. The summed E-state index contributed by atoms with van der Waals surface area (Å²) in [6, 6.07) is 7.90. The van der Waals surface area contributed by atoms with Gasteiger partial charge in [0.15, 0.2) is 0 Å². The zero-order valence-electron chi connectivity index (χ0n) is 8.20. The molecule has 0 aromatic heterocycles. The number of carbonyl (C=O) groups is 1. The Hall–Kier alpha value is -1.31. The summed E-state index contributed by atoms with van der Waals surface area (Å²) in [6.45, 7) is 3.86. The highest BCUT2D eigenvalue weighted by Crippen LogP contribution is 2.16. The molecule has 0 heterocycles. The lowest BCUT2D eigenvalue weighted by atomic mass is 10.0. The molecular formula is C11H14O2. The number of benzene rings is 1. The summed E-state index contributed by atoms with van der Waals surface area (Å²) < 4.78 is 4.66. The Morgan fingerprint density at radius 1 is 1.31 bits per heavy atom. The van der Waals surface area contributed by atoms with E-state index >= 15 is 0 Å². The molecule has 0 bridgehead atoms. The Morgan fingerprint density at radius 3 is 2.31 bits per heavy atom. The molecule has 1 rings (SSSR count). The first-order valence-electron chi connectivity index (χ1n) is 4.29. The van der Waals surface area contributed by atoms with Crippen LogP contribution in [-0.2, 0) is 9.53 Å². The summed E-state index contributed by atoms with van der Waals surface area (Å²) in [5.41, 5.74) is 2.19. The fourth-order valence-corrected chi connectivity index (χ4v) is 1.17. The van der Waals surface area contributed by atoms with Gasteiger partial charge in [0, 0.05) is 0 Å². The second-order valence-corrected chi connectivity index (χ2v) is 3.16. The number of esters is 1. The van der Waals surface area contributed by atoms with Gasteiger partial charge in [0.1, 0.15) is 0 Å². The molecule has 2 nitrogen and oxygen atoms in total. The van der Waals surface area contributed by atoms with Gasteiger partial charge in [0.05, 0.1) is 13.0 Å². The van der Waals surface area contributed by atoms with Crippen molar-refractivity contribution in [2.45, 2.75) is 19.8 Å². The molecular weight excluding hydrogens is 164 g/mol. The lowest BCUT2D eigenvalue weighted by Gasteiger charge is -2.08. The molecule has 0 unspecified atom stereocenters. The van der Waals surface area contributed by atoms with Crippen LogP contribution in [0.3, 0.4) is 0 Å². The summed E-state index contributed by atoms with van der Waals surface area (Å²) in [6.07, 6.45) is 0. The van der Waals surface area contributed by atoms with Crippen LogP contribution < -0.4 is 0 Å². The molecule has 0 fully saturated rings. The number of hydrogen-bond donors (Lipinski definition) is 0. The van der Waals surface area contributed by atoms with E-state index in [1.807, 2.05) is 38.1 Å². The third-order valence-corrected chi connectivity index (χ3v) is 2.13. The van der Waals surface area contributed by atoms with Crippen molar-refractivity contribution < 1.29 is 9.53 Å². The molecule has 70 valence electrons. The fourth-order valence-electron chi connectivity index (χ4n) is 1.17. The maximum absolute atomic E-state index is 11.2. The van der Waals surface area contributed by atoms with E-state index in [0.29, 0.717) is 0 Å². The van der Waals surface area contributed by atoms with Crippen LogP contribution in [0.15, 0.2) is 24.3 Å². The van der Waals surface area contributed by atoms with Gasteiger partial charge in [-0.15, -0.1) is 0 Å². The van der Waals surface area contributed by atoms with E-state index in [1.165, 1.54) is 12.7 Å². The van der Waals surface area contributed by atoms with Crippen LogP contribution in [0.4, 0.5) is 0 Å². The molecule has 0 saturated carbocycles. The first kappa shape index (κ1) is 9.78. The smallest absolute Gasteiger partial charge is 0.312 e. The van der Waals surface area contributed by atoms with E-state index in [-0.39, 0.29) is 11.9 Å². The highest BCUT2D eigenvalue weighted by Gasteiger charge is 2.14. The molecule has 1 aromatic carbocycles. The van der Waals surface area contributed by atoms with Crippen molar-refractivity contribution in [3.8, 4) is 0 Å². The molecule has 0 aliphatic rings. The lowest BCUT2D eigenvalue weighted by Crippen LogP contribution is -2.10. The Bertz CT molecular complexity index is 287. The zero-order valence-corrected chi connectivity index (χ0v) is 8.20. The minimum atomic E-state index is -0.191. The first-order chi connectivity index (χ1) is 6.15. The van der Waals surface area contributed by atoms with Gasteiger partial charge >= 0.3 is 5.97 Å². The molecule has 0 saturated heterocycles. The van der Waals surface area contributed by atoms with E-state index in [1.54, 1.807) is 0 Å². The maximum atomic E-state index is 11.2. The van der Waals surface area contributed by atoms with Gasteiger partial charge in [-0.05, 0) is 19.4 Å². The van der Waals surface area contributed by atoms with Crippen molar-refractivity contribution in [3.63, 3.8) is 0 Å². The molecule has 0 aliphatic heterocycles. The monoisotopic (exact) mass is 178 g/mol. The van der Waals surface area contributed by atoms with Crippen molar-refractivity contribution in [2.75, 3.05) is 7.11 Å². The average molecular weight is 178 g/mol. The third-order valence-electron chi connectivity index (χ3n) is 2.13. The predicted molar refractivity (Wildman–Crippen MR) is 51.6 cm³/mol. The maximum Gasteiger partial charge on any atom is 0.312 e. The van der Waals surface area contributed by atoms with Crippen LogP contribution in [0.5, 0.6) is 0 Å². The summed E-state index contributed by atoms with van der Waals surface area (Å²) in [7, 11) is 1.41. The quantitative estimate of drug-likeness (QED) is 0.649. The van der Waals surface area contributed by atoms with E-state index in [4.69, 9.17) is 0 Å². The number of ether oxygens (including phenoxy) is 1. The highest BCUT2D eigenvalue weighted by molar-refractivity contribution is 5.77. The summed E-state index contributed by atoms with van der Waals surface area (Å²) >= 11 is 0. The van der Waals surface area contributed by atoms with Gasteiger partial charge in [-0.3, -0.25) is 4.79 Å². The van der Waals surface area contributed by atoms with Gasteiger partial charge in [-0.25, -0.2) is 0 Å². The highest BCUT2D eigenvalue weighted by atomic mass is 16.5. The molecule has 0 spiro atoms. The van der Waals surface area contributed by atoms with Gasteiger partial charge in [0.25, 0.3) is 0 Å². The summed E-state index contributed by atoms with van der Waals surface area (Å²) in [5.74, 6) is -0.366. The second kappa shape index (κ2) is 4.08. The van der Waals surface area contributed by atoms with E-state index in [2.05, 4.69) is 4.74 Å². The number of hydrogen-bond acceptors (Lipinski definition) is 2. The van der Waals surface area contributed by atoms with Crippen molar-refractivity contribution in [3.05, 3.63) is 35.4 Å². The van der Waals surface area contributed by atoms with Crippen molar-refractivity contribution in [1.29, 1.82) is 0 Å². The normalized spacial score (nSPS) is 12.2. The second-order valence-electron chi connectivity index (χ2n) is 3.16. The van der Waals surface area contributed by atoms with Crippen molar-refractivity contribution in [1.82, 2.24) is 0 Å². The first-order valence-corrected chi connectivity index (χ1v) is 4.29. The van der Waals surface area contributed by atoms with Gasteiger partial charge in [-0.2, -0.15) is 0 Å². The average Bonchev–Trinajstić information content (AvgIpc) is 2.17. The molecule has 2 heteroatoms. The number of methoxy groups -OCH3 is 1. The minimum Gasteiger partial charge on any atom is -0.469 e. The Kier molecular flexibility index (Phi) is 3.07. The Morgan fingerprint density at radius 2 is 1.85 bits per heavy atom. The number of rotatable bonds is 2. The Balaban J connectivity index is 2.83. The van der Waals surface area contributed by atoms with Gasteiger partial charge in [0.2, 0.25) is 0 Å². The van der Waals surface area contributed by atoms with Gasteiger partial charge in [-0.1, -0.05) is 29.8 Å². The molecule has 1 atom stereocenters. The van der Waals surface area contributed by atoms with Crippen LogP contribution in [0.1, 0.15) is 24.0 Å². The van der Waals surface area contributed by atoms with E-state index in [9.17, 15) is 4.79 Å². The molecule has 1 aromatic rings. The van der Waals surface area contributed by atoms with E-state index < -0.39 is 0 Å².